The first-order valence-corrected chi connectivity index (χ1v) is 8.59. The number of hydrogen-bond donors (Lipinski definition) is 1. The lowest BCUT2D eigenvalue weighted by atomic mass is 9.97. The van der Waals surface area contributed by atoms with Crippen molar-refractivity contribution in [3.63, 3.8) is 0 Å². The van der Waals surface area contributed by atoms with Gasteiger partial charge < -0.3 is 5.32 Å². The maximum absolute atomic E-state index is 11.8. The van der Waals surface area contributed by atoms with Crippen molar-refractivity contribution in [2.75, 3.05) is 19.6 Å². The van der Waals surface area contributed by atoms with Crippen LogP contribution in [0, 0.1) is 11.8 Å². The van der Waals surface area contributed by atoms with Gasteiger partial charge in [-0.15, -0.1) is 11.3 Å². The van der Waals surface area contributed by atoms with Crippen molar-refractivity contribution in [2.24, 2.45) is 11.8 Å². The second kappa shape index (κ2) is 7.79. The highest BCUT2D eigenvalue weighted by molar-refractivity contribution is 7.09. The smallest absolute Gasteiger partial charge is 0.222 e. The highest BCUT2D eigenvalue weighted by atomic mass is 32.1. The molecule has 0 spiro atoms. The molecule has 1 N–H and O–H groups in total. The van der Waals surface area contributed by atoms with E-state index in [2.05, 4.69) is 34.7 Å². The Kier molecular flexibility index (Phi) is 6.05. The van der Waals surface area contributed by atoms with E-state index in [1.54, 1.807) is 0 Å². The van der Waals surface area contributed by atoms with Crippen LogP contribution >= 0.6 is 11.3 Å². The minimum absolute atomic E-state index is 0.140. The number of carbonyl (C=O) groups excluding carboxylic acids is 1. The third-order valence-electron chi connectivity index (χ3n) is 4.19. The summed E-state index contributed by atoms with van der Waals surface area (Å²) >= 11 is 1.83. The zero-order valence-electron chi connectivity index (χ0n) is 12.6. The van der Waals surface area contributed by atoms with Gasteiger partial charge in [0.1, 0.15) is 0 Å². The number of likely N-dealkylation sites (tertiary alicyclic amines) is 1. The maximum atomic E-state index is 11.8. The van der Waals surface area contributed by atoms with E-state index in [1.165, 1.54) is 24.3 Å². The van der Waals surface area contributed by atoms with Gasteiger partial charge in [0.25, 0.3) is 0 Å². The van der Waals surface area contributed by atoms with Crippen molar-refractivity contribution < 1.29 is 4.79 Å². The van der Waals surface area contributed by atoms with Crippen LogP contribution in [0.1, 0.15) is 38.0 Å². The Morgan fingerprint density at radius 1 is 1.60 bits per heavy atom. The summed E-state index contributed by atoms with van der Waals surface area (Å²) in [6.07, 6.45) is 3.40. The minimum Gasteiger partial charge on any atom is -0.356 e. The van der Waals surface area contributed by atoms with Gasteiger partial charge in [0.15, 0.2) is 0 Å². The van der Waals surface area contributed by atoms with Crippen LogP contribution in [-0.4, -0.2) is 30.4 Å². The fraction of sp³-hybridized carbons (Fsp3) is 0.688. The second-order valence-corrected chi connectivity index (χ2v) is 6.91. The molecule has 1 aromatic rings. The first-order chi connectivity index (χ1) is 9.69. The number of thiophene rings is 1. The van der Waals surface area contributed by atoms with Crippen molar-refractivity contribution in [1.82, 2.24) is 10.2 Å². The van der Waals surface area contributed by atoms with E-state index < -0.39 is 0 Å². The molecule has 112 valence electrons. The Bertz CT molecular complexity index is 405. The van der Waals surface area contributed by atoms with Crippen LogP contribution in [0.5, 0.6) is 0 Å². The van der Waals surface area contributed by atoms with Crippen molar-refractivity contribution in [1.29, 1.82) is 0 Å². The SMILES string of the molecule is CC[C@H](C)C(=O)NC[C@H]1CCCN(Cc2cccs2)C1. The molecule has 20 heavy (non-hydrogen) atoms. The molecular weight excluding hydrogens is 268 g/mol. The van der Waals surface area contributed by atoms with E-state index in [4.69, 9.17) is 0 Å². The molecule has 4 heteroatoms. The number of rotatable bonds is 6. The van der Waals surface area contributed by atoms with Gasteiger partial charge in [-0.25, -0.2) is 0 Å². The Labute approximate surface area is 126 Å². The summed E-state index contributed by atoms with van der Waals surface area (Å²) in [5.41, 5.74) is 0. The molecule has 0 aliphatic carbocycles. The third-order valence-corrected chi connectivity index (χ3v) is 5.05. The van der Waals surface area contributed by atoms with Gasteiger partial charge in [0, 0.05) is 30.4 Å². The topological polar surface area (TPSA) is 32.3 Å². The van der Waals surface area contributed by atoms with Crippen molar-refractivity contribution in [3.8, 4) is 0 Å². The molecule has 3 nitrogen and oxygen atoms in total. The van der Waals surface area contributed by atoms with Crippen LogP contribution in [0.25, 0.3) is 0 Å². The normalized spacial score (nSPS) is 21.6. The third kappa shape index (κ3) is 4.60. The lowest BCUT2D eigenvalue weighted by molar-refractivity contribution is -0.124. The lowest BCUT2D eigenvalue weighted by Gasteiger charge is -2.32. The average Bonchev–Trinajstić information content (AvgIpc) is 2.97. The minimum atomic E-state index is 0.140. The van der Waals surface area contributed by atoms with E-state index in [9.17, 15) is 4.79 Å². The Morgan fingerprint density at radius 2 is 2.45 bits per heavy atom. The molecule has 1 aromatic heterocycles. The highest BCUT2D eigenvalue weighted by Gasteiger charge is 2.21. The summed E-state index contributed by atoms with van der Waals surface area (Å²) < 4.78 is 0. The van der Waals surface area contributed by atoms with Crippen LogP contribution in [-0.2, 0) is 11.3 Å². The number of piperidine rings is 1. The fourth-order valence-electron chi connectivity index (χ4n) is 2.69. The van der Waals surface area contributed by atoms with Crippen LogP contribution in [0.2, 0.25) is 0 Å². The summed E-state index contributed by atoms with van der Waals surface area (Å²) in [5.74, 6) is 0.959. The van der Waals surface area contributed by atoms with E-state index in [-0.39, 0.29) is 11.8 Å². The number of nitrogens with one attached hydrogen (secondary N) is 1. The molecule has 2 heterocycles. The Morgan fingerprint density at radius 3 is 3.15 bits per heavy atom. The van der Waals surface area contributed by atoms with Crippen molar-refractivity contribution in [3.05, 3.63) is 22.4 Å². The molecule has 1 aliphatic heterocycles. The van der Waals surface area contributed by atoms with E-state index >= 15 is 0 Å². The molecule has 0 bridgehead atoms. The van der Waals surface area contributed by atoms with Gasteiger partial charge in [-0.2, -0.15) is 0 Å². The average molecular weight is 294 g/mol. The van der Waals surface area contributed by atoms with Crippen molar-refractivity contribution >= 4 is 17.2 Å². The molecule has 0 aromatic carbocycles. The number of nitrogens with zero attached hydrogens (tertiary/aromatic N) is 1. The fourth-order valence-corrected chi connectivity index (χ4v) is 3.44. The molecule has 0 unspecified atom stereocenters. The van der Waals surface area contributed by atoms with E-state index in [1.807, 2.05) is 18.3 Å². The molecule has 0 radical (unpaired) electrons. The van der Waals surface area contributed by atoms with Gasteiger partial charge in [0.05, 0.1) is 0 Å². The van der Waals surface area contributed by atoms with Gasteiger partial charge in [-0.1, -0.05) is 19.9 Å². The second-order valence-electron chi connectivity index (χ2n) is 5.88. The van der Waals surface area contributed by atoms with E-state index in [0.29, 0.717) is 5.92 Å². The Balaban J connectivity index is 1.74. The lowest BCUT2D eigenvalue weighted by Crippen LogP contribution is -2.41. The van der Waals surface area contributed by atoms with E-state index in [0.717, 1.165) is 26.1 Å². The largest absolute Gasteiger partial charge is 0.356 e. The quantitative estimate of drug-likeness (QED) is 0.874. The summed E-state index contributed by atoms with van der Waals surface area (Å²) in [4.78, 5) is 15.8. The van der Waals surface area contributed by atoms with Gasteiger partial charge in [0.2, 0.25) is 5.91 Å². The Hall–Kier alpha value is -0.870. The van der Waals surface area contributed by atoms with Crippen LogP contribution < -0.4 is 5.32 Å². The molecule has 0 saturated carbocycles. The highest BCUT2D eigenvalue weighted by Crippen LogP contribution is 2.20. The molecule has 2 rings (SSSR count). The summed E-state index contributed by atoms with van der Waals surface area (Å²) in [6, 6.07) is 4.33. The van der Waals surface area contributed by atoms with Gasteiger partial charge in [-0.05, 0) is 43.2 Å². The standard InChI is InChI=1S/C16H26N2OS/c1-3-13(2)16(19)17-10-14-6-4-8-18(11-14)12-15-7-5-9-20-15/h5,7,9,13-14H,3-4,6,8,10-12H2,1-2H3,(H,17,19)/t13-,14+/m0/s1. The molecule has 1 fully saturated rings. The molecule has 1 aliphatic rings. The molecular formula is C16H26N2OS. The van der Waals surface area contributed by atoms with Crippen LogP contribution in [0.15, 0.2) is 17.5 Å². The summed E-state index contributed by atoms with van der Waals surface area (Å²) in [7, 11) is 0. The maximum Gasteiger partial charge on any atom is 0.222 e. The number of hydrogen-bond acceptors (Lipinski definition) is 3. The zero-order valence-corrected chi connectivity index (χ0v) is 13.4. The summed E-state index contributed by atoms with van der Waals surface area (Å²) in [6.45, 7) is 8.26. The molecule has 2 atom stereocenters. The molecule has 1 saturated heterocycles. The first kappa shape index (κ1) is 15.5. The van der Waals surface area contributed by atoms with Crippen LogP contribution in [0.4, 0.5) is 0 Å². The predicted octanol–water partition coefficient (Wildman–Crippen LogP) is 3.12. The molecule has 1 amide bonds. The monoisotopic (exact) mass is 294 g/mol. The summed E-state index contributed by atoms with van der Waals surface area (Å²) in [5, 5.41) is 5.26. The van der Waals surface area contributed by atoms with Gasteiger partial charge in [-0.3, -0.25) is 9.69 Å². The first-order valence-electron chi connectivity index (χ1n) is 7.71. The number of amides is 1. The van der Waals surface area contributed by atoms with Crippen molar-refractivity contribution in [2.45, 2.75) is 39.7 Å². The number of carbonyl (C=O) groups is 1. The van der Waals surface area contributed by atoms with Gasteiger partial charge >= 0.3 is 0 Å². The van der Waals surface area contributed by atoms with Crippen LogP contribution in [0.3, 0.4) is 0 Å². The predicted molar refractivity (Wildman–Crippen MR) is 84.8 cm³/mol. The zero-order chi connectivity index (χ0) is 14.4.